The lowest BCUT2D eigenvalue weighted by atomic mass is 10.2. The SMILES string of the molecule is COCCCN[C@@H]1CS(=O)(=O)C[C@H]1S(=O)(=O)c1ccc(OC)cc1. The Kier molecular flexibility index (Phi) is 6.24. The Morgan fingerprint density at radius 1 is 1.17 bits per heavy atom. The molecule has 136 valence electrons. The van der Waals surface area contributed by atoms with Gasteiger partial charge in [0.1, 0.15) is 5.75 Å². The second-order valence-corrected chi connectivity index (χ2v) is 10.1. The van der Waals surface area contributed by atoms with Crippen LogP contribution in [-0.2, 0) is 24.4 Å². The number of hydrogen-bond acceptors (Lipinski definition) is 7. The van der Waals surface area contributed by atoms with E-state index in [9.17, 15) is 16.8 Å². The standard InChI is InChI=1S/C15H23NO6S2/c1-21-9-3-8-16-14-10-23(17,18)11-15(14)24(19,20)13-6-4-12(22-2)5-7-13/h4-7,14-16H,3,8-11H2,1-2H3/t14-,15-/m1/s1. The fourth-order valence-electron chi connectivity index (χ4n) is 2.76. The van der Waals surface area contributed by atoms with Crippen LogP contribution in [0.2, 0.25) is 0 Å². The van der Waals surface area contributed by atoms with Crippen molar-refractivity contribution in [2.24, 2.45) is 0 Å². The van der Waals surface area contributed by atoms with Gasteiger partial charge in [0.25, 0.3) is 0 Å². The van der Waals surface area contributed by atoms with E-state index in [4.69, 9.17) is 9.47 Å². The van der Waals surface area contributed by atoms with E-state index in [1.807, 2.05) is 0 Å². The summed E-state index contributed by atoms with van der Waals surface area (Å²) in [5.74, 6) is 0.0193. The molecular weight excluding hydrogens is 354 g/mol. The van der Waals surface area contributed by atoms with Crippen LogP contribution in [0.15, 0.2) is 29.2 Å². The number of sulfone groups is 2. The van der Waals surface area contributed by atoms with Crippen molar-refractivity contribution in [3.63, 3.8) is 0 Å². The number of benzene rings is 1. The highest BCUT2D eigenvalue weighted by molar-refractivity contribution is 7.96. The van der Waals surface area contributed by atoms with Gasteiger partial charge in [-0.3, -0.25) is 0 Å². The van der Waals surface area contributed by atoms with Gasteiger partial charge < -0.3 is 14.8 Å². The third-order valence-electron chi connectivity index (χ3n) is 4.02. The van der Waals surface area contributed by atoms with Crippen molar-refractivity contribution >= 4 is 19.7 Å². The first-order chi connectivity index (χ1) is 11.3. The lowest BCUT2D eigenvalue weighted by Crippen LogP contribution is -2.43. The first-order valence-electron chi connectivity index (χ1n) is 7.61. The Balaban J connectivity index is 2.20. The molecule has 0 unspecified atom stereocenters. The average Bonchev–Trinajstić information content (AvgIpc) is 2.87. The van der Waals surface area contributed by atoms with E-state index in [2.05, 4.69) is 5.32 Å². The van der Waals surface area contributed by atoms with Gasteiger partial charge in [0.15, 0.2) is 19.7 Å². The number of nitrogens with one attached hydrogen (secondary N) is 1. The van der Waals surface area contributed by atoms with E-state index < -0.39 is 31.0 Å². The van der Waals surface area contributed by atoms with Crippen LogP contribution in [0.5, 0.6) is 5.75 Å². The van der Waals surface area contributed by atoms with Gasteiger partial charge in [-0.1, -0.05) is 0 Å². The molecule has 1 aromatic carbocycles. The Morgan fingerprint density at radius 2 is 1.83 bits per heavy atom. The van der Waals surface area contributed by atoms with E-state index >= 15 is 0 Å². The lowest BCUT2D eigenvalue weighted by molar-refractivity contribution is 0.193. The van der Waals surface area contributed by atoms with Crippen LogP contribution in [0.4, 0.5) is 0 Å². The molecule has 7 nitrogen and oxygen atoms in total. The molecule has 0 bridgehead atoms. The molecule has 2 atom stereocenters. The second kappa shape index (κ2) is 7.81. The summed E-state index contributed by atoms with van der Waals surface area (Å²) in [6, 6.07) is 5.38. The van der Waals surface area contributed by atoms with Crippen molar-refractivity contribution in [2.45, 2.75) is 22.6 Å². The molecule has 1 aliphatic rings. The van der Waals surface area contributed by atoms with E-state index in [-0.39, 0.29) is 16.4 Å². The highest BCUT2D eigenvalue weighted by Crippen LogP contribution is 2.27. The first-order valence-corrected chi connectivity index (χ1v) is 11.0. The molecule has 0 saturated carbocycles. The molecule has 1 aliphatic heterocycles. The highest BCUT2D eigenvalue weighted by Gasteiger charge is 2.45. The van der Waals surface area contributed by atoms with Gasteiger partial charge in [-0.05, 0) is 37.2 Å². The normalized spacial score (nSPS) is 23.2. The maximum atomic E-state index is 12.9. The van der Waals surface area contributed by atoms with Gasteiger partial charge in [-0.15, -0.1) is 0 Å². The van der Waals surface area contributed by atoms with Gasteiger partial charge in [-0.25, -0.2) is 16.8 Å². The van der Waals surface area contributed by atoms with Gasteiger partial charge in [0.05, 0.1) is 28.8 Å². The summed E-state index contributed by atoms with van der Waals surface area (Å²) in [5.41, 5.74) is 0. The fraction of sp³-hybridized carbons (Fsp3) is 0.600. The van der Waals surface area contributed by atoms with Gasteiger partial charge in [0, 0.05) is 19.8 Å². The summed E-state index contributed by atoms with van der Waals surface area (Å²) >= 11 is 0. The summed E-state index contributed by atoms with van der Waals surface area (Å²) in [5, 5.41) is 2.07. The van der Waals surface area contributed by atoms with Crippen molar-refractivity contribution in [3.8, 4) is 5.75 Å². The molecular formula is C15H23NO6S2. The zero-order chi connectivity index (χ0) is 17.8. The van der Waals surface area contributed by atoms with E-state index in [0.717, 1.165) is 0 Å². The predicted molar refractivity (Wildman–Crippen MR) is 90.9 cm³/mol. The van der Waals surface area contributed by atoms with E-state index in [1.54, 1.807) is 19.2 Å². The summed E-state index contributed by atoms with van der Waals surface area (Å²) in [6.45, 7) is 1.03. The van der Waals surface area contributed by atoms with Crippen molar-refractivity contribution < 1.29 is 26.3 Å². The van der Waals surface area contributed by atoms with Gasteiger partial charge >= 0.3 is 0 Å². The number of ether oxygens (including phenoxy) is 2. The summed E-state index contributed by atoms with van der Waals surface area (Å²) in [6.07, 6.45) is 0.683. The Bertz CT molecular complexity index is 743. The number of rotatable bonds is 8. The molecule has 0 spiro atoms. The van der Waals surface area contributed by atoms with Crippen LogP contribution in [0.1, 0.15) is 6.42 Å². The quantitative estimate of drug-likeness (QED) is 0.649. The average molecular weight is 377 g/mol. The van der Waals surface area contributed by atoms with Gasteiger partial charge in [0.2, 0.25) is 0 Å². The predicted octanol–water partition coefficient (Wildman–Crippen LogP) is 0.261. The largest absolute Gasteiger partial charge is 0.497 e. The Morgan fingerprint density at radius 3 is 2.42 bits per heavy atom. The molecule has 0 aromatic heterocycles. The molecule has 1 N–H and O–H groups in total. The summed E-state index contributed by atoms with van der Waals surface area (Å²) < 4.78 is 59.6. The van der Waals surface area contributed by atoms with Crippen LogP contribution in [0, 0.1) is 0 Å². The molecule has 0 radical (unpaired) electrons. The number of hydrogen-bond donors (Lipinski definition) is 1. The molecule has 2 rings (SSSR count). The van der Waals surface area contributed by atoms with E-state index in [1.165, 1.54) is 19.2 Å². The zero-order valence-electron chi connectivity index (χ0n) is 13.8. The molecule has 0 amide bonds. The summed E-state index contributed by atoms with van der Waals surface area (Å²) in [4.78, 5) is 0.106. The molecule has 1 heterocycles. The van der Waals surface area contributed by atoms with Gasteiger partial charge in [-0.2, -0.15) is 0 Å². The molecule has 9 heteroatoms. The monoisotopic (exact) mass is 377 g/mol. The summed E-state index contributed by atoms with van der Waals surface area (Å²) in [7, 11) is -4.07. The second-order valence-electron chi connectivity index (χ2n) is 5.74. The molecule has 1 fully saturated rings. The van der Waals surface area contributed by atoms with Crippen molar-refractivity contribution in [3.05, 3.63) is 24.3 Å². The van der Waals surface area contributed by atoms with Crippen LogP contribution in [0.3, 0.4) is 0 Å². The van der Waals surface area contributed by atoms with Crippen LogP contribution in [-0.4, -0.2) is 67.0 Å². The molecule has 1 saturated heterocycles. The topological polar surface area (TPSA) is 98.8 Å². The highest BCUT2D eigenvalue weighted by atomic mass is 32.2. The van der Waals surface area contributed by atoms with Crippen LogP contribution >= 0.6 is 0 Å². The maximum absolute atomic E-state index is 12.9. The minimum Gasteiger partial charge on any atom is -0.497 e. The molecule has 24 heavy (non-hydrogen) atoms. The third-order valence-corrected chi connectivity index (χ3v) is 8.19. The lowest BCUT2D eigenvalue weighted by Gasteiger charge is -2.20. The van der Waals surface area contributed by atoms with Crippen molar-refractivity contribution in [1.29, 1.82) is 0 Å². The fourth-order valence-corrected chi connectivity index (χ4v) is 7.47. The zero-order valence-corrected chi connectivity index (χ0v) is 15.4. The maximum Gasteiger partial charge on any atom is 0.183 e. The Labute approximate surface area is 143 Å². The molecule has 0 aliphatic carbocycles. The third kappa shape index (κ3) is 4.47. The minimum atomic E-state index is -3.76. The molecule has 1 aromatic rings. The number of methoxy groups -OCH3 is 2. The van der Waals surface area contributed by atoms with Crippen LogP contribution in [0.25, 0.3) is 0 Å². The van der Waals surface area contributed by atoms with Crippen LogP contribution < -0.4 is 10.1 Å². The van der Waals surface area contributed by atoms with Crippen molar-refractivity contribution in [2.75, 3.05) is 38.9 Å². The van der Waals surface area contributed by atoms with Crippen molar-refractivity contribution in [1.82, 2.24) is 5.32 Å². The Hall–Kier alpha value is -1.16. The first kappa shape index (κ1) is 19.2. The van der Waals surface area contributed by atoms with E-state index in [0.29, 0.717) is 25.3 Å². The minimum absolute atomic E-state index is 0.106. The smallest absolute Gasteiger partial charge is 0.183 e.